The highest BCUT2D eigenvalue weighted by Gasteiger charge is 2.38. The lowest BCUT2D eigenvalue weighted by Gasteiger charge is -2.11. The van der Waals surface area contributed by atoms with Crippen molar-refractivity contribution < 1.29 is 22.8 Å². The van der Waals surface area contributed by atoms with Gasteiger partial charge in [-0.3, -0.25) is 9.59 Å². The second kappa shape index (κ2) is 6.48. The molecule has 1 aliphatic heterocycles. The van der Waals surface area contributed by atoms with Crippen molar-refractivity contribution in [2.45, 2.75) is 25.4 Å². The van der Waals surface area contributed by atoms with Crippen molar-refractivity contribution in [2.24, 2.45) is 11.0 Å². The number of hydrogen-bond donors (Lipinski definition) is 1. The summed E-state index contributed by atoms with van der Waals surface area (Å²) in [7, 11) is 0. The minimum atomic E-state index is -4.83. The van der Waals surface area contributed by atoms with Crippen LogP contribution in [0, 0.1) is 5.92 Å². The third kappa shape index (κ3) is 3.85. The standard InChI is InChI=1S/C14H12ClF3N2O2/c15-9-6-4-8(5-7-9)12-10(13(22)20-19-12)2-1-3-11(21)14(16,17)18/h4-7,10H,1-3H2,(H,20,22). The molecule has 1 unspecified atom stereocenters. The van der Waals surface area contributed by atoms with Crippen LogP contribution < -0.4 is 5.43 Å². The summed E-state index contributed by atoms with van der Waals surface area (Å²) in [6.45, 7) is 0. The summed E-state index contributed by atoms with van der Waals surface area (Å²) >= 11 is 5.78. The van der Waals surface area contributed by atoms with Crippen LogP contribution in [0.5, 0.6) is 0 Å². The second-order valence-corrected chi connectivity index (χ2v) is 5.28. The topological polar surface area (TPSA) is 58.5 Å². The Morgan fingerprint density at radius 2 is 1.91 bits per heavy atom. The molecule has 0 aliphatic carbocycles. The lowest BCUT2D eigenvalue weighted by molar-refractivity contribution is -0.171. The van der Waals surface area contributed by atoms with Gasteiger partial charge < -0.3 is 0 Å². The van der Waals surface area contributed by atoms with Gasteiger partial charge >= 0.3 is 6.18 Å². The maximum absolute atomic E-state index is 12.1. The van der Waals surface area contributed by atoms with Crippen molar-refractivity contribution >= 4 is 29.0 Å². The molecule has 118 valence electrons. The van der Waals surface area contributed by atoms with E-state index in [1.807, 2.05) is 0 Å². The number of amides is 1. The van der Waals surface area contributed by atoms with Crippen LogP contribution in [-0.4, -0.2) is 23.6 Å². The molecule has 1 heterocycles. The first-order chi connectivity index (χ1) is 10.3. The molecule has 8 heteroatoms. The lowest BCUT2D eigenvalue weighted by Crippen LogP contribution is -2.25. The molecule has 4 nitrogen and oxygen atoms in total. The number of nitrogens with one attached hydrogen (secondary N) is 1. The van der Waals surface area contributed by atoms with Crippen molar-refractivity contribution in [1.82, 2.24) is 5.43 Å². The van der Waals surface area contributed by atoms with E-state index in [1.54, 1.807) is 24.3 Å². The fourth-order valence-electron chi connectivity index (χ4n) is 2.16. The predicted octanol–water partition coefficient (Wildman–Crippen LogP) is 3.09. The Bertz CT molecular complexity index is 612. The molecule has 1 amide bonds. The summed E-state index contributed by atoms with van der Waals surface area (Å²) in [5, 5.41) is 4.43. The summed E-state index contributed by atoms with van der Waals surface area (Å²) in [5.74, 6) is -2.83. The fourth-order valence-corrected chi connectivity index (χ4v) is 2.28. The second-order valence-electron chi connectivity index (χ2n) is 4.85. The first-order valence-electron chi connectivity index (χ1n) is 6.52. The van der Waals surface area contributed by atoms with E-state index in [9.17, 15) is 22.8 Å². The third-order valence-electron chi connectivity index (χ3n) is 3.29. The number of nitrogens with zero attached hydrogens (tertiary/aromatic N) is 1. The van der Waals surface area contributed by atoms with Crippen LogP contribution >= 0.6 is 11.6 Å². The Hall–Kier alpha value is -1.89. The zero-order valence-electron chi connectivity index (χ0n) is 11.3. The average molecular weight is 333 g/mol. The lowest BCUT2D eigenvalue weighted by atomic mass is 9.92. The minimum Gasteiger partial charge on any atom is -0.290 e. The Kier molecular flexibility index (Phi) is 4.85. The fraction of sp³-hybridized carbons (Fsp3) is 0.357. The van der Waals surface area contributed by atoms with Crippen LogP contribution in [0.25, 0.3) is 0 Å². The van der Waals surface area contributed by atoms with Crippen LogP contribution in [0.2, 0.25) is 5.02 Å². The van der Waals surface area contributed by atoms with Crippen LogP contribution in [0.3, 0.4) is 0 Å². The maximum Gasteiger partial charge on any atom is 0.449 e. The van der Waals surface area contributed by atoms with Crippen molar-refractivity contribution in [2.75, 3.05) is 0 Å². The van der Waals surface area contributed by atoms with Gasteiger partial charge in [0.05, 0.1) is 11.6 Å². The van der Waals surface area contributed by atoms with Gasteiger partial charge in [-0.1, -0.05) is 23.7 Å². The number of hydrazone groups is 1. The monoisotopic (exact) mass is 332 g/mol. The summed E-state index contributed by atoms with van der Waals surface area (Å²) in [4.78, 5) is 22.6. The molecule has 0 spiro atoms. The Labute approximate surface area is 129 Å². The van der Waals surface area contributed by atoms with E-state index in [1.165, 1.54) is 0 Å². The molecule has 0 radical (unpaired) electrons. The van der Waals surface area contributed by atoms with E-state index in [-0.39, 0.29) is 18.7 Å². The molecule has 1 aromatic rings. The van der Waals surface area contributed by atoms with Crippen molar-refractivity contribution in [3.05, 3.63) is 34.9 Å². The van der Waals surface area contributed by atoms with Gasteiger partial charge in [0, 0.05) is 11.4 Å². The molecule has 0 bridgehead atoms. The number of carbonyl (C=O) groups excluding carboxylic acids is 2. The number of alkyl halides is 3. The van der Waals surface area contributed by atoms with Crippen LogP contribution in [0.4, 0.5) is 13.2 Å². The van der Waals surface area contributed by atoms with Gasteiger partial charge in [-0.05, 0) is 30.5 Å². The van der Waals surface area contributed by atoms with Crippen LogP contribution in [0.15, 0.2) is 29.4 Å². The van der Waals surface area contributed by atoms with Crippen LogP contribution in [-0.2, 0) is 9.59 Å². The van der Waals surface area contributed by atoms with Crippen molar-refractivity contribution in [1.29, 1.82) is 0 Å². The molecular formula is C14H12ClF3N2O2. The number of benzene rings is 1. The van der Waals surface area contributed by atoms with Gasteiger partial charge in [-0.15, -0.1) is 0 Å². The summed E-state index contributed by atoms with van der Waals surface area (Å²) in [6.07, 6.45) is -5.38. The zero-order valence-corrected chi connectivity index (χ0v) is 12.0. The van der Waals surface area contributed by atoms with Gasteiger partial charge in [0.2, 0.25) is 11.7 Å². The molecule has 0 fully saturated rings. The van der Waals surface area contributed by atoms with E-state index < -0.39 is 24.3 Å². The van der Waals surface area contributed by atoms with Gasteiger partial charge in [-0.25, -0.2) is 5.43 Å². The van der Waals surface area contributed by atoms with Crippen LogP contribution in [0.1, 0.15) is 24.8 Å². The molecule has 0 saturated heterocycles. The van der Waals surface area contributed by atoms with E-state index in [0.29, 0.717) is 16.3 Å². The highest BCUT2D eigenvalue weighted by atomic mass is 35.5. The molecule has 22 heavy (non-hydrogen) atoms. The van der Waals surface area contributed by atoms with Gasteiger partial charge in [-0.2, -0.15) is 18.3 Å². The van der Waals surface area contributed by atoms with E-state index in [4.69, 9.17) is 11.6 Å². The highest BCUT2D eigenvalue weighted by molar-refractivity contribution is 6.30. The van der Waals surface area contributed by atoms with Gasteiger partial charge in [0.1, 0.15) is 0 Å². The number of ketones is 1. The first kappa shape index (κ1) is 16.5. The molecule has 2 rings (SSSR count). The SMILES string of the molecule is O=C1NN=C(c2ccc(Cl)cc2)C1CCCC(=O)C(F)(F)F. The Morgan fingerprint density at radius 3 is 2.50 bits per heavy atom. The zero-order chi connectivity index (χ0) is 16.3. The van der Waals surface area contributed by atoms with Crippen molar-refractivity contribution in [3.63, 3.8) is 0 Å². The number of Topliss-reactive ketones (excluding diaryl/α,β-unsaturated/α-hetero) is 1. The molecule has 0 aromatic heterocycles. The number of rotatable bonds is 5. The molecule has 1 aliphatic rings. The Balaban J connectivity index is 2.00. The predicted molar refractivity (Wildman–Crippen MR) is 74.5 cm³/mol. The summed E-state index contributed by atoms with van der Waals surface area (Å²) in [6, 6.07) is 6.61. The normalized spacial score (nSPS) is 18.1. The van der Waals surface area contributed by atoms with E-state index in [2.05, 4.69) is 10.5 Å². The van der Waals surface area contributed by atoms with E-state index >= 15 is 0 Å². The smallest absolute Gasteiger partial charge is 0.290 e. The summed E-state index contributed by atoms with van der Waals surface area (Å²) < 4.78 is 36.4. The highest BCUT2D eigenvalue weighted by Crippen LogP contribution is 2.24. The molecule has 0 saturated carbocycles. The van der Waals surface area contributed by atoms with Gasteiger partial charge in [0.15, 0.2) is 0 Å². The van der Waals surface area contributed by atoms with Crippen molar-refractivity contribution in [3.8, 4) is 0 Å². The largest absolute Gasteiger partial charge is 0.449 e. The summed E-state index contributed by atoms with van der Waals surface area (Å²) in [5.41, 5.74) is 3.42. The number of carbonyl (C=O) groups is 2. The van der Waals surface area contributed by atoms with Gasteiger partial charge in [0.25, 0.3) is 0 Å². The molecular weight excluding hydrogens is 321 g/mol. The number of hydrogen-bond acceptors (Lipinski definition) is 3. The third-order valence-corrected chi connectivity index (χ3v) is 3.54. The molecule has 1 aromatic carbocycles. The number of halogens is 4. The minimum absolute atomic E-state index is 0.0387. The average Bonchev–Trinajstić information content (AvgIpc) is 2.80. The molecule has 1 N–H and O–H groups in total. The molecule has 1 atom stereocenters. The quantitative estimate of drug-likeness (QED) is 0.900. The first-order valence-corrected chi connectivity index (χ1v) is 6.90. The Morgan fingerprint density at radius 1 is 1.27 bits per heavy atom. The van der Waals surface area contributed by atoms with E-state index in [0.717, 1.165) is 0 Å². The maximum atomic E-state index is 12.1.